The van der Waals surface area contributed by atoms with Crippen LogP contribution in [0.5, 0.6) is 0 Å². The van der Waals surface area contributed by atoms with Gasteiger partial charge < -0.3 is 10.5 Å². The summed E-state index contributed by atoms with van der Waals surface area (Å²) in [6, 6.07) is 14.9. The second-order valence-electron chi connectivity index (χ2n) is 6.84. The van der Waals surface area contributed by atoms with E-state index in [0.717, 1.165) is 28.2 Å². The molecule has 0 fully saturated rings. The van der Waals surface area contributed by atoms with Crippen LogP contribution in [0.15, 0.2) is 53.3 Å². The number of aryl methyl sites for hydroxylation is 1. The van der Waals surface area contributed by atoms with Gasteiger partial charge >= 0.3 is 11.7 Å². The van der Waals surface area contributed by atoms with Crippen LogP contribution in [-0.2, 0) is 23.0 Å². The quantitative estimate of drug-likeness (QED) is 0.382. The summed E-state index contributed by atoms with van der Waals surface area (Å²) in [7, 11) is 3.12. The monoisotopic (exact) mass is 392 g/mol. The topological polar surface area (TPSA) is 103 Å². The van der Waals surface area contributed by atoms with Crippen LogP contribution in [0, 0.1) is 12.3 Å². The van der Waals surface area contributed by atoms with Gasteiger partial charge in [0, 0.05) is 30.3 Å². The van der Waals surface area contributed by atoms with Gasteiger partial charge in [-0.2, -0.15) is 0 Å². The van der Waals surface area contributed by atoms with Gasteiger partial charge in [0.05, 0.1) is 18.5 Å². The van der Waals surface area contributed by atoms with Crippen LogP contribution in [0.4, 0.5) is 0 Å². The molecule has 0 aliphatic rings. The zero-order valence-corrected chi connectivity index (χ0v) is 16.7. The van der Waals surface area contributed by atoms with Crippen LogP contribution in [0.25, 0.3) is 16.9 Å². The van der Waals surface area contributed by atoms with E-state index in [9.17, 15) is 9.59 Å². The second kappa shape index (κ2) is 8.18. The van der Waals surface area contributed by atoms with Crippen molar-refractivity contribution in [3.05, 3.63) is 75.8 Å². The first-order chi connectivity index (χ1) is 13.8. The normalized spacial score (nSPS) is 10.7. The Kier molecular flexibility index (Phi) is 5.68. The van der Waals surface area contributed by atoms with Crippen molar-refractivity contribution >= 4 is 11.8 Å². The lowest BCUT2D eigenvalue weighted by molar-refractivity contribution is -0.140. The molecule has 1 heterocycles. The summed E-state index contributed by atoms with van der Waals surface area (Å²) in [6.07, 6.45) is 0.907. The minimum Gasteiger partial charge on any atom is -0.469 e. The Morgan fingerprint density at radius 1 is 1.10 bits per heavy atom. The number of nitrogen functional groups attached to an aromatic ring is 1. The molecule has 0 radical (unpaired) electrons. The lowest BCUT2D eigenvalue weighted by atomic mass is 10.1. The van der Waals surface area contributed by atoms with Gasteiger partial charge in [0.15, 0.2) is 0 Å². The highest BCUT2D eigenvalue weighted by Crippen LogP contribution is 2.24. The summed E-state index contributed by atoms with van der Waals surface area (Å²) >= 11 is 0. The van der Waals surface area contributed by atoms with Crippen molar-refractivity contribution in [2.24, 2.45) is 12.8 Å². The fourth-order valence-electron chi connectivity index (χ4n) is 3.41. The van der Waals surface area contributed by atoms with E-state index in [1.54, 1.807) is 28.3 Å². The van der Waals surface area contributed by atoms with Crippen LogP contribution in [0.3, 0.4) is 0 Å². The Balaban J connectivity index is 1.95. The van der Waals surface area contributed by atoms with Crippen molar-refractivity contribution in [1.29, 1.82) is 5.41 Å². The number of methoxy groups -OCH3 is 1. The minimum atomic E-state index is -0.246. The average molecular weight is 392 g/mol. The first-order valence-corrected chi connectivity index (χ1v) is 9.22. The minimum absolute atomic E-state index is 0.00650. The molecule has 0 saturated carbocycles. The first-order valence-electron chi connectivity index (χ1n) is 9.22. The Labute approximate surface area is 168 Å². The van der Waals surface area contributed by atoms with Gasteiger partial charge in [0.25, 0.3) is 0 Å². The molecule has 0 amide bonds. The third kappa shape index (κ3) is 3.99. The summed E-state index contributed by atoms with van der Waals surface area (Å²) in [6.45, 7) is 1.90. The summed E-state index contributed by atoms with van der Waals surface area (Å²) in [5.74, 6) is -0.239. The Morgan fingerprint density at radius 3 is 2.28 bits per heavy atom. The van der Waals surface area contributed by atoms with E-state index >= 15 is 0 Å². The van der Waals surface area contributed by atoms with Crippen LogP contribution >= 0.6 is 0 Å². The molecule has 0 spiro atoms. The molecule has 0 bridgehead atoms. The highest BCUT2D eigenvalue weighted by Gasteiger charge is 2.17. The van der Waals surface area contributed by atoms with E-state index in [0.29, 0.717) is 18.4 Å². The molecule has 7 nitrogen and oxygen atoms in total. The van der Waals surface area contributed by atoms with Crippen molar-refractivity contribution in [2.75, 3.05) is 7.11 Å². The standard InChI is InChI=1S/C22H24N4O3/c1-14-20(16-7-9-17(10-8-16)21(23)24)25(2)22(28)26(14)18-11-4-15(5-12-18)6-13-19(27)29-3/h4-5,7-12H,6,13H2,1-3H3,(H3,23,24). The predicted octanol–water partition coefficient (Wildman–Crippen LogP) is 2.54. The smallest absolute Gasteiger partial charge is 0.333 e. The Morgan fingerprint density at radius 2 is 1.72 bits per heavy atom. The fourth-order valence-corrected chi connectivity index (χ4v) is 3.41. The molecule has 3 aromatic rings. The fraction of sp³-hybridized carbons (Fsp3) is 0.227. The van der Waals surface area contributed by atoms with Crippen molar-refractivity contribution in [2.45, 2.75) is 19.8 Å². The maximum Gasteiger partial charge on any atom is 0.333 e. The number of nitrogens with zero attached hydrogens (tertiary/aromatic N) is 2. The summed E-state index contributed by atoms with van der Waals surface area (Å²) in [5, 5.41) is 7.52. The van der Waals surface area contributed by atoms with Crippen molar-refractivity contribution in [3.63, 3.8) is 0 Å². The molecule has 29 heavy (non-hydrogen) atoms. The van der Waals surface area contributed by atoms with Crippen LogP contribution < -0.4 is 11.4 Å². The van der Waals surface area contributed by atoms with Gasteiger partial charge in [0.1, 0.15) is 5.84 Å². The van der Waals surface area contributed by atoms with Crippen LogP contribution in [0.1, 0.15) is 23.2 Å². The van der Waals surface area contributed by atoms with Gasteiger partial charge in [-0.1, -0.05) is 36.4 Å². The molecule has 0 aliphatic heterocycles. The number of benzene rings is 2. The van der Waals surface area contributed by atoms with E-state index in [2.05, 4.69) is 4.74 Å². The lowest BCUT2D eigenvalue weighted by Crippen LogP contribution is -2.21. The third-order valence-electron chi connectivity index (χ3n) is 5.00. The molecule has 150 valence electrons. The molecule has 1 aromatic heterocycles. The molecular formula is C22H24N4O3. The average Bonchev–Trinajstić information content (AvgIpc) is 2.95. The van der Waals surface area contributed by atoms with E-state index in [1.165, 1.54) is 7.11 Å². The molecule has 0 unspecified atom stereocenters. The number of rotatable bonds is 6. The van der Waals surface area contributed by atoms with Crippen molar-refractivity contribution in [1.82, 2.24) is 9.13 Å². The number of esters is 1. The second-order valence-corrected chi connectivity index (χ2v) is 6.84. The van der Waals surface area contributed by atoms with E-state index in [-0.39, 0.29) is 17.5 Å². The number of nitrogens with two attached hydrogens (primary N) is 1. The zero-order chi connectivity index (χ0) is 21.1. The van der Waals surface area contributed by atoms with Crippen molar-refractivity contribution in [3.8, 4) is 16.9 Å². The van der Waals surface area contributed by atoms with Gasteiger partial charge in [-0.3, -0.25) is 19.3 Å². The molecule has 3 rings (SSSR count). The van der Waals surface area contributed by atoms with Crippen LogP contribution in [0.2, 0.25) is 0 Å². The number of carbonyl (C=O) groups is 1. The maximum atomic E-state index is 12.9. The summed E-state index contributed by atoms with van der Waals surface area (Å²) < 4.78 is 7.95. The Bertz CT molecular complexity index is 1110. The molecule has 0 saturated heterocycles. The van der Waals surface area contributed by atoms with Gasteiger partial charge in [-0.05, 0) is 31.0 Å². The molecule has 0 atom stereocenters. The SMILES string of the molecule is COC(=O)CCc1ccc(-n2c(C)c(-c3ccc(C(=N)N)cc3)n(C)c2=O)cc1. The van der Waals surface area contributed by atoms with Gasteiger partial charge in [0.2, 0.25) is 0 Å². The zero-order valence-electron chi connectivity index (χ0n) is 16.7. The van der Waals surface area contributed by atoms with Gasteiger partial charge in [-0.25, -0.2) is 4.79 Å². The number of amidine groups is 1. The maximum absolute atomic E-state index is 12.9. The lowest BCUT2D eigenvalue weighted by Gasteiger charge is -2.08. The van der Waals surface area contributed by atoms with E-state index < -0.39 is 0 Å². The molecule has 2 aromatic carbocycles. The molecule has 7 heteroatoms. The van der Waals surface area contributed by atoms with Crippen molar-refractivity contribution < 1.29 is 9.53 Å². The summed E-state index contributed by atoms with van der Waals surface area (Å²) in [4.78, 5) is 24.2. The van der Waals surface area contributed by atoms with E-state index in [1.807, 2.05) is 43.3 Å². The number of ether oxygens (including phenoxy) is 1. The number of carbonyl (C=O) groups excluding carboxylic acids is 1. The third-order valence-corrected chi connectivity index (χ3v) is 5.00. The largest absolute Gasteiger partial charge is 0.469 e. The molecular weight excluding hydrogens is 368 g/mol. The number of hydrogen-bond donors (Lipinski definition) is 2. The number of nitrogens with one attached hydrogen (secondary N) is 1. The number of hydrogen-bond acceptors (Lipinski definition) is 4. The Hall–Kier alpha value is -3.61. The van der Waals surface area contributed by atoms with Gasteiger partial charge in [-0.15, -0.1) is 0 Å². The number of aromatic nitrogens is 2. The summed E-state index contributed by atoms with van der Waals surface area (Å²) in [5.41, 5.74) is 10.3. The predicted molar refractivity (Wildman–Crippen MR) is 113 cm³/mol. The highest BCUT2D eigenvalue weighted by molar-refractivity contribution is 5.95. The highest BCUT2D eigenvalue weighted by atomic mass is 16.5. The van der Waals surface area contributed by atoms with E-state index in [4.69, 9.17) is 11.1 Å². The number of imidazole rings is 1. The first kappa shape index (κ1) is 20.1. The molecule has 0 aliphatic carbocycles. The molecule has 3 N–H and O–H groups in total. The van der Waals surface area contributed by atoms with Crippen LogP contribution in [-0.4, -0.2) is 28.0 Å².